The molecule has 2 aromatic rings. The number of alkyl carbamates (subject to hydrolysis) is 2. The van der Waals surface area contributed by atoms with E-state index in [2.05, 4.69) is 10.6 Å². The van der Waals surface area contributed by atoms with Crippen molar-refractivity contribution in [2.45, 2.75) is 70.1 Å². The van der Waals surface area contributed by atoms with Gasteiger partial charge in [-0.15, -0.1) is 0 Å². The molecule has 198 valence electrons. The minimum atomic E-state index is -3.99. The summed E-state index contributed by atoms with van der Waals surface area (Å²) in [6, 6.07) is 14.9. The fourth-order valence-corrected chi connectivity index (χ4v) is 4.04. The van der Waals surface area contributed by atoms with E-state index in [0.29, 0.717) is 25.8 Å². The number of unbranched alkanes of at least 4 members (excludes halogenated alkanes) is 1. The molecule has 0 aromatic heterocycles. The SMILES string of the molecule is Cc1ccc(S(=O)(=O)OC[C@@H](CCCCNC(=O)OC(C)(C)C)NC(=O)OCc2ccccc2)cc1. The second-order valence-corrected chi connectivity index (χ2v) is 11.0. The molecule has 0 unspecified atom stereocenters. The molecule has 2 rings (SSSR count). The molecule has 0 saturated heterocycles. The van der Waals surface area contributed by atoms with Crippen LogP contribution in [0.15, 0.2) is 59.5 Å². The van der Waals surface area contributed by atoms with E-state index >= 15 is 0 Å². The second kappa shape index (κ2) is 13.8. The normalized spacial score (nSPS) is 12.4. The predicted octanol–water partition coefficient (Wildman–Crippen LogP) is 4.69. The number of benzene rings is 2. The standard InChI is InChI=1S/C26H36N2O7S/c1-20-13-15-23(16-14-20)36(31,32)34-19-22(12-8-9-17-27-24(29)35-26(2,3)4)28-25(30)33-18-21-10-6-5-7-11-21/h5-7,10-11,13-16,22H,8-9,12,17-19H2,1-4H3,(H,27,29)(H,28,30)/t22-/m1/s1. The van der Waals surface area contributed by atoms with Gasteiger partial charge in [-0.2, -0.15) is 8.42 Å². The van der Waals surface area contributed by atoms with Gasteiger partial charge >= 0.3 is 12.2 Å². The molecule has 9 nitrogen and oxygen atoms in total. The van der Waals surface area contributed by atoms with Gasteiger partial charge in [0.2, 0.25) is 0 Å². The fourth-order valence-electron chi connectivity index (χ4n) is 3.09. The smallest absolute Gasteiger partial charge is 0.407 e. The first-order valence-corrected chi connectivity index (χ1v) is 13.3. The number of carbonyl (C=O) groups is 2. The molecule has 1 atom stereocenters. The number of aryl methyl sites for hydroxylation is 1. The zero-order valence-electron chi connectivity index (χ0n) is 21.3. The third-order valence-corrected chi connectivity index (χ3v) is 6.21. The lowest BCUT2D eigenvalue weighted by Crippen LogP contribution is -2.39. The Morgan fingerprint density at radius 2 is 1.61 bits per heavy atom. The Morgan fingerprint density at radius 3 is 2.25 bits per heavy atom. The van der Waals surface area contributed by atoms with Crippen molar-refractivity contribution < 1.29 is 31.7 Å². The molecular formula is C26H36N2O7S. The fraction of sp³-hybridized carbons (Fsp3) is 0.462. The van der Waals surface area contributed by atoms with Crippen LogP contribution in [0, 0.1) is 6.92 Å². The van der Waals surface area contributed by atoms with Crippen LogP contribution >= 0.6 is 0 Å². The van der Waals surface area contributed by atoms with Crippen molar-refractivity contribution >= 4 is 22.3 Å². The third kappa shape index (κ3) is 11.5. The summed E-state index contributed by atoms with van der Waals surface area (Å²) in [5, 5.41) is 5.36. The van der Waals surface area contributed by atoms with Crippen molar-refractivity contribution in [2.75, 3.05) is 13.2 Å². The number of ether oxygens (including phenoxy) is 2. The Labute approximate surface area is 213 Å². The van der Waals surface area contributed by atoms with Gasteiger partial charge < -0.3 is 20.1 Å². The van der Waals surface area contributed by atoms with Crippen LogP contribution in [0.5, 0.6) is 0 Å². The number of hydrogen-bond acceptors (Lipinski definition) is 7. The number of nitrogens with one attached hydrogen (secondary N) is 2. The number of amides is 2. The van der Waals surface area contributed by atoms with E-state index < -0.39 is 33.9 Å². The van der Waals surface area contributed by atoms with Gasteiger partial charge in [0, 0.05) is 6.54 Å². The van der Waals surface area contributed by atoms with Crippen molar-refractivity contribution in [2.24, 2.45) is 0 Å². The van der Waals surface area contributed by atoms with Crippen molar-refractivity contribution in [1.82, 2.24) is 10.6 Å². The molecule has 0 radical (unpaired) electrons. The molecule has 0 spiro atoms. The highest BCUT2D eigenvalue weighted by atomic mass is 32.2. The summed E-state index contributed by atoms with van der Waals surface area (Å²) in [6.07, 6.45) is 0.426. The quantitative estimate of drug-likeness (QED) is 0.308. The van der Waals surface area contributed by atoms with Crippen molar-refractivity contribution in [3.05, 3.63) is 65.7 Å². The summed E-state index contributed by atoms with van der Waals surface area (Å²) >= 11 is 0. The Morgan fingerprint density at radius 1 is 0.944 bits per heavy atom. The first-order chi connectivity index (χ1) is 16.9. The minimum Gasteiger partial charge on any atom is -0.445 e. The summed E-state index contributed by atoms with van der Waals surface area (Å²) in [5.41, 5.74) is 1.17. The van der Waals surface area contributed by atoms with Gasteiger partial charge in [0.15, 0.2) is 0 Å². The van der Waals surface area contributed by atoms with E-state index in [-0.39, 0.29) is 18.1 Å². The van der Waals surface area contributed by atoms with Crippen molar-refractivity contribution in [3.8, 4) is 0 Å². The molecule has 2 aromatic carbocycles. The van der Waals surface area contributed by atoms with Crippen LogP contribution in [-0.4, -0.2) is 45.4 Å². The number of rotatable bonds is 12. The second-order valence-electron chi connectivity index (χ2n) is 9.38. The molecule has 0 aliphatic heterocycles. The Balaban J connectivity index is 1.89. The van der Waals surface area contributed by atoms with E-state index in [1.165, 1.54) is 12.1 Å². The summed E-state index contributed by atoms with van der Waals surface area (Å²) < 4.78 is 40.9. The van der Waals surface area contributed by atoms with Crippen LogP contribution in [0.4, 0.5) is 9.59 Å². The monoisotopic (exact) mass is 520 g/mol. The van der Waals surface area contributed by atoms with Crippen molar-refractivity contribution in [3.63, 3.8) is 0 Å². The highest BCUT2D eigenvalue weighted by Crippen LogP contribution is 2.15. The van der Waals surface area contributed by atoms with Crippen LogP contribution in [0.1, 0.15) is 51.2 Å². The molecule has 36 heavy (non-hydrogen) atoms. The molecule has 0 fully saturated rings. The van der Waals surface area contributed by atoms with E-state index in [1.807, 2.05) is 37.3 Å². The summed E-state index contributed by atoms with van der Waals surface area (Å²) in [4.78, 5) is 24.2. The Kier molecular flexibility index (Phi) is 11.2. The van der Waals surface area contributed by atoms with Crippen LogP contribution < -0.4 is 10.6 Å². The Hall–Kier alpha value is -3.11. The molecule has 2 amide bonds. The molecule has 0 heterocycles. The first-order valence-electron chi connectivity index (χ1n) is 11.8. The van der Waals surface area contributed by atoms with E-state index in [1.54, 1.807) is 32.9 Å². The lowest BCUT2D eigenvalue weighted by Gasteiger charge is -2.20. The Bertz CT molecular complexity index is 1070. The average Bonchev–Trinajstić information content (AvgIpc) is 2.80. The number of carbonyl (C=O) groups excluding carboxylic acids is 2. The van der Waals surface area contributed by atoms with E-state index in [9.17, 15) is 18.0 Å². The molecule has 0 aliphatic rings. The van der Waals surface area contributed by atoms with Gasteiger partial charge in [-0.05, 0) is 64.7 Å². The lowest BCUT2D eigenvalue weighted by molar-refractivity contribution is 0.0526. The van der Waals surface area contributed by atoms with Gasteiger partial charge in [-0.3, -0.25) is 4.18 Å². The lowest BCUT2D eigenvalue weighted by atomic mass is 10.1. The van der Waals surface area contributed by atoms with Crippen LogP contribution in [0.3, 0.4) is 0 Å². The van der Waals surface area contributed by atoms with Crippen molar-refractivity contribution in [1.29, 1.82) is 0 Å². The molecular weight excluding hydrogens is 484 g/mol. The maximum Gasteiger partial charge on any atom is 0.407 e. The van der Waals surface area contributed by atoms with E-state index in [0.717, 1.165) is 11.1 Å². The summed E-state index contributed by atoms with van der Waals surface area (Å²) in [7, 11) is -3.99. The average molecular weight is 521 g/mol. The van der Waals surface area contributed by atoms with Gasteiger partial charge in [-0.25, -0.2) is 9.59 Å². The minimum absolute atomic E-state index is 0.0417. The topological polar surface area (TPSA) is 120 Å². The van der Waals surface area contributed by atoms with Crippen LogP contribution in [0.2, 0.25) is 0 Å². The largest absolute Gasteiger partial charge is 0.445 e. The zero-order chi connectivity index (χ0) is 26.6. The van der Waals surface area contributed by atoms with Gasteiger partial charge in [0.05, 0.1) is 17.5 Å². The molecule has 0 saturated carbocycles. The molecule has 0 bridgehead atoms. The predicted molar refractivity (Wildman–Crippen MR) is 136 cm³/mol. The maximum absolute atomic E-state index is 12.6. The zero-order valence-corrected chi connectivity index (χ0v) is 22.1. The summed E-state index contributed by atoms with van der Waals surface area (Å²) in [6.45, 7) is 7.41. The van der Waals surface area contributed by atoms with Gasteiger partial charge in [0.1, 0.15) is 12.2 Å². The molecule has 0 aliphatic carbocycles. The third-order valence-electron chi connectivity index (χ3n) is 4.92. The van der Waals surface area contributed by atoms with Gasteiger partial charge in [-0.1, -0.05) is 48.0 Å². The van der Waals surface area contributed by atoms with Crippen LogP contribution in [-0.2, 0) is 30.4 Å². The van der Waals surface area contributed by atoms with Crippen LogP contribution in [0.25, 0.3) is 0 Å². The number of hydrogen-bond donors (Lipinski definition) is 2. The first kappa shape index (κ1) is 29.1. The summed E-state index contributed by atoms with van der Waals surface area (Å²) in [5.74, 6) is 0. The maximum atomic E-state index is 12.6. The molecule has 10 heteroatoms. The molecule has 2 N–H and O–H groups in total. The highest BCUT2D eigenvalue weighted by molar-refractivity contribution is 7.86. The highest BCUT2D eigenvalue weighted by Gasteiger charge is 2.21. The van der Waals surface area contributed by atoms with E-state index in [4.69, 9.17) is 13.7 Å². The van der Waals surface area contributed by atoms with Gasteiger partial charge in [0.25, 0.3) is 10.1 Å².